The lowest BCUT2D eigenvalue weighted by atomic mass is 10.1. The SMILES string of the molecule is CC1(C)[C@@H](C(=O)O)[C@@H]1C(=O)N1CCOCC1. The van der Waals surface area contributed by atoms with Crippen LogP contribution >= 0.6 is 0 Å². The van der Waals surface area contributed by atoms with Gasteiger partial charge in [0, 0.05) is 13.1 Å². The molecule has 2 rings (SSSR count). The highest BCUT2D eigenvalue weighted by Crippen LogP contribution is 2.59. The number of carboxylic acid groups (broad SMARTS) is 1. The lowest BCUT2D eigenvalue weighted by Gasteiger charge is -2.27. The second-order valence-corrected chi connectivity index (χ2v) is 5.05. The third-order valence-electron chi connectivity index (χ3n) is 3.68. The fourth-order valence-corrected chi connectivity index (χ4v) is 2.54. The molecule has 0 unspecified atom stereocenters. The zero-order chi connectivity index (χ0) is 11.9. The number of carbonyl (C=O) groups is 2. The molecule has 2 fully saturated rings. The number of hydrogen-bond donors (Lipinski definition) is 1. The Kier molecular flexibility index (Phi) is 2.66. The Labute approximate surface area is 94.4 Å². The average molecular weight is 227 g/mol. The maximum absolute atomic E-state index is 12.1. The molecule has 1 aliphatic carbocycles. The molecule has 0 bridgehead atoms. The van der Waals surface area contributed by atoms with Gasteiger partial charge >= 0.3 is 5.97 Å². The van der Waals surface area contributed by atoms with E-state index in [1.165, 1.54) is 0 Å². The number of nitrogens with zero attached hydrogens (tertiary/aromatic N) is 1. The molecule has 0 aromatic heterocycles. The Hall–Kier alpha value is -1.10. The van der Waals surface area contributed by atoms with Gasteiger partial charge in [-0.25, -0.2) is 0 Å². The van der Waals surface area contributed by atoms with Gasteiger partial charge in [0.15, 0.2) is 0 Å². The van der Waals surface area contributed by atoms with Crippen molar-refractivity contribution in [1.29, 1.82) is 0 Å². The summed E-state index contributed by atoms with van der Waals surface area (Å²) in [7, 11) is 0. The molecule has 90 valence electrons. The number of carbonyl (C=O) groups excluding carboxylic acids is 1. The largest absolute Gasteiger partial charge is 0.481 e. The zero-order valence-corrected chi connectivity index (χ0v) is 9.60. The summed E-state index contributed by atoms with van der Waals surface area (Å²) < 4.78 is 5.17. The minimum absolute atomic E-state index is 0.0271. The maximum Gasteiger partial charge on any atom is 0.307 e. The predicted octanol–water partition coefficient (Wildman–Crippen LogP) is 0.202. The second-order valence-electron chi connectivity index (χ2n) is 5.05. The van der Waals surface area contributed by atoms with E-state index in [1.54, 1.807) is 4.90 Å². The van der Waals surface area contributed by atoms with Crippen molar-refractivity contribution in [1.82, 2.24) is 4.90 Å². The van der Waals surface area contributed by atoms with Crippen molar-refractivity contribution in [3.8, 4) is 0 Å². The summed E-state index contributed by atoms with van der Waals surface area (Å²) in [5.74, 6) is -1.77. The van der Waals surface area contributed by atoms with E-state index in [0.717, 1.165) is 0 Å². The summed E-state index contributed by atoms with van der Waals surface area (Å²) in [5.41, 5.74) is -0.402. The first-order valence-electron chi connectivity index (χ1n) is 5.55. The lowest BCUT2D eigenvalue weighted by molar-refractivity contribution is -0.143. The molecule has 5 nitrogen and oxygen atoms in total. The van der Waals surface area contributed by atoms with Gasteiger partial charge in [0.05, 0.1) is 25.0 Å². The van der Waals surface area contributed by atoms with E-state index >= 15 is 0 Å². The quantitative estimate of drug-likeness (QED) is 0.732. The van der Waals surface area contributed by atoms with Gasteiger partial charge < -0.3 is 14.7 Å². The van der Waals surface area contributed by atoms with Crippen molar-refractivity contribution >= 4 is 11.9 Å². The summed E-state index contributed by atoms with van der Waals surface area (Å²) in [6.45, 7) is 5.95. The van der Waals surface area contributed by atoms with Crippen LogP contribution < -0.4 is 0 Å². The number of amides is 1. The van der Waals surface area contributed by atoms with Crippen LogP contribution in [0.25, 0.3) is 0 Å². The Morgan fingerprint density at radius 2 is 1.81 bits per heavy atom. The number of hydrogen-bond acceptors (Lipinski definition) is 3. The van der Waals surface area contributed by atoms with Crippen LogP contribution in [-0.4, -0.2) is 48.2 Å². The molecule has 16 heavy (non-hydrogen) atoms. The topological polar surface area (TPSA) is 66.8 Å². The first kappa shape index (κ1) is 11.4. The van der Waals surface area contributed by atoms with Gasteiger partial charge in [-0.05, 0) is 5.41 Å². The number of carboxylic acids is 1. The lowest BCUT2D eigenvalue weighted by Crippen LogP contribution is -2.42. The van der Waals surface area contributed by atoms with E-state index < -0.39 is 17.3 Å². The average Bonchev–Trinajstić information content (AvgIpc) is 2.82. The highest BCUT2D eigenvalue weighted by molar-refractivity contribution is 5.91. The number of aliphatic carboxylic acids is 1. The molecule has 0 spiro atoms. The number of morpholine rings is 1. The van der Waals surface area contributed by atoms with Gasteiger partial charge in [-0.3, -0.25) is 9.59 Å². The van der Waals surface area contributed by atoms with Crippen molar-refractivity contribution in [2.45, 2.75) is 13.8 Å². The monoisotopic (exact) mass is 227 g/mol. The summed E-state index contributed by atoms with van der Waals surface area (Å²) >= 11 is 0. The van der Waals surface area contributed by atoms with Crippen LogP contribution in [-0.2, 0) is 14.3 Å². The van der Waals surface area contributed by atoms with Gasteiger partial charge in [-0.1, -0.05) is 13.8 Å². The van der Waals surface area contributed by atoms with Crippen LogP contribution in [0.2, 0.25) is 0 Å². The molecule has 1 amide bonds. The Balaban J connectivity index is 2.03. The van der Waals surface area contributed by atoms with Crippen molar-refractivity contribution in [3.05, 3.63) is 0 Å². The standard InChI is InChI=1S/C11H17NO4/c1-11(2)7(8(11)10(14)15)9(13)12-3-5-16-6-4-12/h7-8H,3-6H2,1-2H3,(H,14,15)/t7-,8-/m1/s1. The fraction of sp³-hybridized carbons (Fsp3) is 0.818. The first-order chi connectivity index (χ1) is 7.46. The van der Waals surface area contributed by atoms with Gasteiger partial charge in [0.25, 0.3) is 0 Å². The van der Waals surface area contributed by atoms with E-state index in [-0.39, 0.29) is 11.8 Å². The highest BCUT2D eigenvalue weighted by atomic mass is 16.5. The molecule has 1 saturated carbocycles. The van der Waals surface area contributed by atoms with Crippen molar-refractivity contribution < 1.29 is 19.4 Å². The maximum atomic E-state index is 12.1. The van der Waals surface area contributed by atoms with E-state index in [4.69, 9.17) is 9.84 Å². The Bertz CT molecular complexity index is 320. The van der Waals surface area contributed by atoms with Gasteiger partial charge in [0.1, 0.15) is 0 Å². The Morgan fingerprint density at radius 3 is 2.25 bits per heavy atom. The molecule has 1 saturated heterocycles. The van der Waals surface area contributed by atoms with E-state index in [2.05, 4.69) is 0 Å². The van der Waals surface area contributed by atoms with Crippen molar-refractivity contribution in [3.63, 3.8) is 0 Å². The van der Waals surface area contributed by atoms with Crippen molar-refractivity contribution in [2.24, 2.45) is 17.3 Å². The van der Waals surface area contributed by atoms with Crippen LogP contribution in [0.4, 0.5) is 0 Å². The van der Waals surface area contributed by atoms with E-state index in [1.807, 2.05) is 13.8 Å². The van der Waals surface area contributed by atoms with Crippen LogP contribution in [0, 0.1) is 17.3 Å². The molecule has 1 aliphatic heterocycles. The third kappa shape index (κ3) is 1.69. The van der Waals surface area contributed by atoms with Gasteiger partial charge in [0.2, 0.25) is 5.91 Å². The number of rotatable bonds is 2. The third-order valence-corrected chi connectivity index (χ3v) is 3.68. The van der Waals surface area contributed by atoms with Crippen LogP contribution in [0.1, 0.15) is 13.8 Å². The molecule has 1 N–H and O–H groups in total. The minimum Gasteiger partial charge on any atom is -0.481 e. The summed E-state index contributed by atoms with van der Waals surface area (Å²) in [5, 5.41) is 9.01. The molecule has 5 heteroatoms. The molecule has 2 aliphatic rings. The summed E-state index contributed by atoms with van der Waals surface area (Å²) in [6, 6.07) is 0. The zero-order valence-electron chi connectivity index (χ0n) is 9.60. The first-order valence-corrected chi connectivity index (χ1v) is 5.55. The molecule has 0 aromatic rings. The van der Waals surface area contributed by atoms with Gasteiger partial charge in [-0.15, -0.1) is 0 Å². The number of ether oxygens (including phenoxy) is 1. The predicted molar refractivity (Wildman–Crippen MR) is 55.8 cm³/mol. The van der Waals surface area contributed by atoms with Crippen molar-refractivity contribution in [2.75, 3.05) is 26.3 Å². The Morgan fingerprint density at radius 1 is 1.25 bits per heavy atom. The summed E-state index contributed by atoms with van der Waals surface area (Å²) in [4.78, 5) is 24.8. The molecule has 2 atom stereocenters. The highest BCUT2D eigenvalue weighted by Gasteiger charge is 2.66. The molecular weight excluding hydrogens is 210 g/mol. The van der Waals surface area contributed by atoms with E-state index in [0.29, 0.717) is 26.3 Å². The molecule has 1 heterocycles. The summed E-state index contributed by atoms with van der Waals surface area (Å²) in [6.07, 6.45) is 0. The van der Waals surface area contributed by atoms with E-state index in [9.17, 15) is 9.59 Å². The molecule has 0 radical (unpaired) electrons. The smallest absolute Gasteiger partial charge is 0.307 e. The van der Waals surface area contributed by atoms with Crippen LogP contribution in [0.5, 0.6) is 0 Å². The fourth-order valence-electron chi connectivity index (χ4n) is 2.54. The van der Waals surface area contributed by atoms with Crippen LogP contribution in [0.3, 0.4) is 0 Å². The second kappa shape index (κ2) is 3.73. The normalized spacial score (nSPS) is 32.2. The minimum atomic E-state index is -0.864. The molecule has 0 aromatic carbocycles. The van der Waals surface area contributed by atoms with Gasteiger partial charge in [-0.2, -0.15) is 0 Å². The van der Waals surface area contributed by atoms with Crippen LogP contribution in [0.15, 0.2) is 0 Å². The molecular formula is C11H17NO4.